The summed E-state index contributed by atoms with van der Waals surface area (Å²) in [5, 5.41) is 10.1. The first kappa shape index (κ1) is 19.1. The van der Waals surface area contributed by atoms with Crippen molar-refractivity contribution in [1.82, 2.24) is 14.8 Å². The number of carbonyl (C=O) groups excluding carboxylic acids is 1. The van der Waals surface area contributed by atoms with Crippen LogP contribution in [0.25, 0.3) is 11.5 Å². The average Bonchev–Trinajstić information content (AvgIpc) is 3.46. The number of hydrogen-bond acceptors (Lipinski definition) is 6. The summed E-state index contributed by atoms with van der Waals surface area (Å²) < 4.78 is 13.4. The van der Waals surface area contributed by atoms with Crippen LogP contribution in [0.2, 0.25) is 0 Å². The maximum atomic E-state index is 12.8. The van der Waals surface area contributed by atoms with Gasteiger partial charge in [0, 0.05) is 21.8 Å². The predicted octanol–water partition coefficient (Wildman–Crippen LogP) is 5.18. The maximum absolute atomic E-state index is 12.8. The number of hydrogen-bond donors (Lipinski definition) is 0. The molecule has 6 nitrogen and oxygen atoms in total. The number of benzene rings is 1. The number of aromatic nitrogens is 3. The van der Waals surface area contributed by atoms with Crippen molar-refractivity contribution in [2.24, 2.45) is 0 Å². The van der Waals surface area contributed by atoms with Gasteiger partial charge in [-0.2, -0.15) is 0 Å². The standard InChI is InChI=1S/C22H21N3O3S/c1-14-12-19(15(2)25(14)13-18-10-7-11-29-18)22(26)27-16(3)20-23-24-21(28-20)17-8-5-4-6-9-17/h4-12,16H,13H2,1-3H3/t16-/m1/s1. The topological polar surface area (TPSA) is 70.2 Å². The monoisotopic (exact) mass is 407 g/mol. The molecule has 0 spiro atoms. The van der Waals surface area contributed by atoms with Crippen LogP contribution in [0.5, 0.6) is 0 Å². The lowest BCUT2D eigenvalue weighted by molar-refractivity contribution is 0.0279. The summed E-state index contributed by atoms with van der Waals surface area (Å²) in [7, 11) is 0. The Morgan fingerprint density at radius 1 is 1.17 bits per heavy atom. The molecule has 0 amide bonds. The summed E-state index contributed by atoms with van der Waals surface area (Å²) in [4.78, 5) is 14.0. The van der Waals surface area contributed by atoms with Crippen LogP contribution in [0.15, 0.2) is 58.3 Å². The molecule has 1 aromatic carbocycles. The summed E-state index contributed by atoms with van der Waals surface area (Å²) in [6, 6.07) is 15.5. The number of nitrogens with zero attached hydrogens (tertiary/aromatic N) is 3. The van der Waals surface area contributed by atoms with E-state index in [2.05, 4.69) is 26.2 Å². The molecule has 148 valence electrons. The van der Waals surface area contributed by atoms with Crippen molar-refractivity contribution in [2.75, 3.05) is 0 Å². The second-order valence-corrected chi connectivity index (χ2v) is 7.84. The van der Waals surface area contributed by atoms with Gasteiger partial charge in [-0.25, -0.2) is 4.79 Å². The summed E-state index contributed by atoms with van der Waals surface area (Å²) >= 11 is 1.70. The van der Waals surface area contributed by atoms with Gasteiger partial charge in [0.15, 0.2) is 6.10 Å². The third kappa shape index (κ3) is 4.00. The SMILES string of the molecule is Cc1cc(C(=O)O[C@H](C)c2nnc(-c3ccccc3)o2)c(C)n1Cc1cccs1. The van der Waals surface area contributed by atoms with Crippen LogP contribution in [0.3, 0.4) is 0 Å². The minimum Gasteiger partial charge on any atom is -0.449 e. The normalized spacial score (nSPS) is 12.1. The molecule has 0 aliphatic heterocycles. The lowest BCUT2D eigenvalue weighted by Crippen LogP contribution is -2.11. The highest BCUT2D eigenvalue weighted by atomic mass is 32.1. The molecule has 0 bridgehead atoms. The zero-order valence-corrected chi connectivity index (χ0v) is 17.3. The molecule has 0 aliphatic rings. The number of esters is 1. The third-order valence-electron chi connectivity index (χ3n) is 4.78. The van der Waals surface area contributed by atoms with Crippen molar-refractivity contribution in [2.45, 2.75) is 33.4 Å². The molecule has 0 N–H and O–H groups in total. The molecule has 4 rings (SSSR count). The van der Waals surface area contributed by atoms with Crippen molar-refractivity contribution < 1.29 is 13.9 Å². The van der Waals surface area contributed by atoms with Gasteiger partial charge in [0.05, 0.1) is 12.1 Å². The van der Waals surface area contributed by atoms with Crippen LogP contribution in [0, 0.1) is 13.8 Å². The van der Waals surface area contributed by atoms with Gasteiger partial charge in [0.1, 0.15) is 0 Å². The number of carbonyl (C=O) groups is 1. The summed E-state index contributed by atoms with van der Waals surface area (Å²) in [6.07, 6.45) is -0.646. The van der Waals surface area contributed by atoms with E-state index in [-0.39, 0.29) is 5.89 Å². The smallest absolute Gasteiger partial charge is 0.340 e. The quantitative estimate of drug-likeness (QED) is 0.412. The first-order chi connectivity index (χ1) is 14.0. The molecule has 0 fully saturated rings. The van der Waals surface area contributed by atoms with Gasteiger partial charge in [-0.1, -0.05) is 24.3 Å². The molecular formula is C22H21N3O3S. The van der Waals surface area contributed by atoms with Crippen LogP contribution in [0.4, 0.5) is 0 Å². The van der Waals surface area contributed by atoms with Crippen molar-refractivity contribution in [3.63, 3.8) is 0 Å². The van der Waals surface area contributed by atoms with Crippen molar-refractivity contribution >= 4 is 17.3 Å². The molecule has 0 unspecified atom stereocenters. The second kappa shape index (κ2) is 8.05. The largest absolute Gasteiger partial charge is 0.449 e. The molecule has 3 aromatic heterocycles. The van der Waals surface area contributed by atoms with Gasteiger partial charge in [0.2, 0.25) is 5.89 Å². The Labute approximate surface area is 172 Å². The zero-order chi connectivity index (χ0) is 20.4. The molecule has 3 heterocycles. The Balaban J connectivity index is 1.49. The van der Waals surface area contributed by atoms with Gasteiger partial charge in [-0.05, 0) is 50.4 Å². The summed E-state index contributed by atoms with van der Waals surface area (Å²) in [5.74, 6) is 0.268. The highest BCUT2D eigenvalue weighted by Gasteiger charge is 2.23. The van der Waals surface area contributed by atoms with Gasteiger partial charge in [-0.15, -0.1) is 21.5 Å². The van der Waals surface area contributed by atoms with E-state index in [1.807, 2.05) is 56.3 Å². The van der Waals surface area contributed by atoms with Gasteiger partial charge < -0.3 is 13.7 Å². The minimum atomic E-state index is -0.646. The van der Waals surface area contributed by atoms with Crippen LogP contribution < -0.4 is 0 Å². The fourth-order valence-electron chi connectivity index (χ4n) is 3.18. The van der Waals surface area contributed by atoms with E-state index in [1.54, 1.807) is 18.3 Å². The number of ether oxygens (including phenoxy) is 1. The fraction of sp³-hybridized carbons (Fsp3) is 0.227. The van der Waals surface area contributed by atoms with Crippen LogP contribution in [-0.4, -0.2) is 20.7 Å². The number of thiophene rings is 1. The third-order valence-corrected chi connectivity index (χ3v) is 5.64. The molecular weight excluding hydrogens is 386 g/mol. The van der Waals surface area contributed by atoms with Crippen LogP contribution >= 0.6 is 11.3 Å². The van der Waals surface area contributed by atoms with Gasteiger partial charge >= 0.3 is 5.97 Å². The minimum absolute atomic E-state index is 0.268. The first-order valence-electron chi connectivity index (χ1n) is 9.32. The molecule has 1 atom stereocenters. The molecule has 29 heavy (non-hydrogen) atoms. The summed E-state index contributed by atoms with van der Waals surface area (Å²) in [6.45, 7) is 6.39. The Hall–Kier alpha value is -3.19. The molecule has 0 radical (unpaired) electrons. The summed E-state index contributed by atoms with van der Waals surface area (Å²) in [5.41, 5.74) is 3.26. The van der Waals surface area contributed by atoms with Gasteiger partial charge in [-0.3, -0.25) is 0 Å². The Morgan fingerprint density at radius 2 is 1.97 bits per heavy atom. The Bertz CT molecular complexity index is 1110. The average molecular weight is 407 g/mol. The van der Waals surface area contributed by atoms with Crippen LogP contribution in [-0.2, 0) is 11.3 Å². The molecule has 7 heteroatoms. The lowest BCUT2D eigenvalue weighted by atomic mass is 10.2. The first-order valence-corrected chi connectivity index (χ1v) is 10.2. The van der Waals surface area contributed by atoms with Gasteiger partial charge in [0.25, 0.3) is 5.89 Å². The van der Waals surface area contributed by atoms with E-state index in [1.165, 1.54) is 4.88 Å². The van der Waals surface area contributed by atoms with E-state index >= 15 is 0 Å². The zero-order valence-electron chi connectivity index (χ0n) is 16.5. The fourth-order valence-corrected chi connectivity index (χ4v) is 3.87. The van der Waals surface area contributed by atoms with Crippen LogP contribution in [0.1, 0.15) is 45.5 Å². The van der Waals surface area contributed by atoms with E-state index in [0.717, 1.165) is 23.5 Å². The lowest BCUT2D eigenvalue weighted by Gasteiger charge is -2.10. The highest BCUT2D eigenvalue weighted by Crippen LogP contribution is 2.25. The predicted molar refractivity (Wildman–Crippen MR) is 111 cm³/mol. The van der Waals surface area contributed by atoms with E-state index in [0.29, 0.717) is 11.5 Å². The van der Waals surface area contributed by atoms with Crippen molar-refractivity contribution in [3.8, 4) is 11.5 Å². The van der Waals surface area contributed by atoms with Crippen molar-refractivity contribution in [3.05, 3.63) is 81.6 Å². The highest BCUT2D eigenvalue weighted by molar-refractivity contribution is 7.09. The Kier molecular flexibility index (Phi) is 5.31. The molecule has 0 saturated heterocycles. The van der Waals surface area contributed by atoms with E-state index < -0.39 is 12.1 Å². The molecule has 0 saturated carbocycles. The van der Waals surface area contributed by atoms with E-state index in [4.69, 9.17) is 9.15 Å². The number of aryl methyl sites for hydroxylation is 1. The van der Waals surface area contributed by atoms with E-state index in [9.17, 15) is 4.79 Å². The van der Waals surface area contributed by atoms with Crippen molar-refractivity contribution in [1.29, 1.82) is 0 Å². The number of rotatable bonds is 6. The molecule has 4 aromatic rings. The maximum Gasteiger partial charge on any atom is 0.340 e. The second-order valence-electron chi connectivity index (χ2n) is 6.81. The Morgan fingerprint density at radius 3 is 2.69 bits per heavy atom. The molecule has 0 aliphatic carbocycles.